The SMILES string of the molecule is CCC(C#N)C(=O)Nc1cccnc1. The number of pyridine rings is 1. The van der Waals surface area contributed by atoms with E-state index in [-0.39, 0.29) is 5.91 Å². The zero-order chi connectivity index (χ0) is 10.4. The van der Waals surface area contributed by atoms with Gasteiger partial charge < -0.3 is 5.32 Å². The molecule has 0 saturated heterocycles. The molecule has 0 spiro atoms. The van der Waals surface area contributed by atoms with E-state index in [0.29, 0.717) is 12.1 Å². The van der Waals surface area contributed by atoms with Gasteiger partial charge in [0, 0.05) is 6.20 Å². The van der Waals surface area contributed by atoms with Crippen LogP contribution in [0.1, 0.15) is 13.3 Å². The minimum atomic E-state index is -0.588. The lowest BCUT2D eigenvalue weighted by molar-refractivity contribution is -0.118. The Morgan fingerprint density at radius 1 is 1.79 bits per heavy atom. The molecular weight excluding hydrogens is 178 g/mol. The lowest BCUT2D eigenvalue weighted by atomic mass is 10.1. The summed E-state index contributed by atoms with van der Waals surface area (Å²) in [6.45, 7) is 1.80. The van der Waals surface area contributed by atoms with E-state index in [1.807, 2.05) is 6.07 Å². The second-order valence-electron chi connectivity index (χ2n) is 2.82. The number of amides is 1. The lowest BCUT2D eigenvalue weighted by Gasteiger charge is -2.06. The van der Waals surface area contributed by atoms with Crippen molar-refractivity contribution in [2.45, 2.75) is 13.3 Å². The van der Waals surface area contributed by atoms with Gasteiger partial charge in [-0.2, -0.15) is 5.26 Å². The molecule has 0 aliphatic carbocycles. The molecule has 72 valence electrons. The van der Waals surface area contributed by atoms with E-state index < -0.39 is 5.92 Å². The predicted octanol–water partition coefficient (Wildman–Crippen LogP) is 1.57. The Morgan fingerprint density at radius 3 is 3.07 bits per heavy atom. The lowest BCUT2D eigenvalue weighted by Crippen LogP contribution is -2.20. The average Bonchev–Trinajstić information content (AvgIpc) is 2.21. The summed E-state index contributed by atoms with van der Waals surface area (Å²) in [5.74, 6) is -0.863. The fraction of sp³-hybridized carbons (Fsp3) is 0.300. The molecule has 1 rings (SSSR count). The van der Waals surface area contributed by atoms with Crippen LogP contribution in [-0.2, 0) is 4.79 Å². The highest BCUT2D eigenvalue weighted by Gasteiger charge is 2.14. The molecule has 0 aromatic carbocycles. The molecule has 0 saturated carbocycles. The number of nitrogens with one attached hydrogen (secondary N) is 1. The Kier molecular flexibility index (Phi) is 3.62. The highest BCUT2D eigenvalue weighted by atomic mass is 16.1. The van der Waals surface area contributed by atoms with Gasteiger partial charge in [-0.15, -0.1) is 0 Å². The molecule has 0 aliphatic heterocycles. The fourth-order valence-corrected chi connectivity index (χ4v) is 1.00. The van der Waals surface area contributed by atoms with E-state index >= 15 is 0 Å². The van der Waals surface area contributed by atoms with Crippen molar-refractivity contribution in [3.05, 3.63) is 24.5 Å². The number of carbonyl (C=O) groups is 1. The molecule has 0 radical (unpaired) electrons. The number of aromatic nitrogens is 1. The number of anilines is 1. The van der Waals surface area contributed by atoms with Gasteiger partial charge in [0.2, 0.25) is 5.91 Å². The van der Waals surface area contributed by atoms with Crippen molar-refractivity contribution in [1.29, 1.82) is 5.26 Å². The maximum absolute atomic E-state index is 11.4. The van der Waals surface area contributed by atoms with Crippen molar-refractivity contribution >= 4 is 11.6 Å². The second kappa shape index (κ2) is 4.97. The van der Waals surface area contributed by atoms with Gasteiger partial charge in [-0.1, -0.05) is 6.92 Å². The minimum absolute atomic E-state index is 0.275. The number of hydrogen-bond donors (Lipinski definition) is 1. The summed E-state index contributed by atoms with van der Waals surface area (Å²) in [4.78, 5) is 15.3. The number of nitrogens with zero attached hydrogens (tertiary/aromatic N) is 2. The smallest absolute Gasteiger partial charge is 0.241 e. The molecule has 0 fully saturated rings. The molecule has 4 nitrogen and oxygen atoms in total. The quantitative estimate of drug-likeness (QED) is 0.784. The fourth-order valence-electron chi connectivity index (χ4n) is 1.00. The third kappa shape index (κ3) is 2.56. The normalized spacial score (nSPS) is 11.4. The summed E-state index contributed by atoms with van der Waals surface area (Å²) in [7, 11) is 0. The van der Waals surface area contributed by atoms with Crippen LogP contribution >= 0.6 is 0 Å². The molecule has 1 aromatic rings. The van der Waals surface area contributed by atoms with Gasteiger partial charge in [0.1, 0.15) is 5.92 Å². The zero-order valence-corrected chi connectivity index (χ0v) is 7.90. The molecule has 4 heteroatoms. The van der Waals surface area contributed by atoms with E-state index in [2.05, 4.69) is 10.3 Å². The summed E-state index contributed by atoms with van der Waals surface area (Å²) in [6, 6.07) is 5.40. The predicted molar refractivity (Wildman–Crippen MR) is 52.3 cm³/mol. The molecule has 1 N–H and O–H groups in total. The number of hydrogen-bond acceptors (Lipinski definition) is 3. The van der Waals surface area contributed by atoms with Gasteiger partial charge in [0.15, 0.2) is 0 Å². The number of carbonyl (C=O) groups excluding carboxylic acids is 1. The average molecular weight is 189 g/mol. The molecule has 1 heterocycles. The van der Waals surface area contributed by atoms with E-state index in [0.717, 1.165) is 0 Å². The van der Waals surface area contributed by atoms with Crippen LogP contribution in [0.4, 0.5) is 5.69 Å². The molecule has 1 aromatic heterocycles. The highest BCUT2D eigenvalue weighted by Crippen LogP contribution is 2.07. The van der Waals surface area contributed by atoms with Crippen molar-refractivity contribution in [1.82, 2.24) is 4.98 Å². The van der Waals surface area contributed by atoms with Crippen LogP contribution in [0, 0.1) is 17.2 Å². The van der Waals surface area contributed by atoms with Gasteiger partial charge in [0.05, 0.1) is 18.0 Å². The van der Waals surface area contributed by atoms with Crippen LogP contribution < -0.4 is 5.32 Å². The summed E-state index contributed by atoms with van der Waals surface area (Å²) >= 11 is 0. The van der Waals surface area contributed by atoms with E-state index in [1.165, 1.54) is 0 Å². The van der Waals surface area contributed by atoms with E-state index in [4.69, 9.17) is 5.26 Å². The van der Waals surface area contributed by atoms with E-state index in [9.17, 15) is 4.79 Å². The summed E-state index contributed by atoms with van der Waals surface area (Å²) in [6.07, 6.45) is 3.68. The third-order valence-electron chi connectivity index (χ3n) is 1.81. The van der Waals surface area contributed by atoms with Gasteiger partial charge in [-0.25, -0.2) is 0 Å². The molecule has 1 amide bonds. The standard InChI is InChI=1S/C10H11N3O/c1-2-8(6-11)10(14)13-9-4-3-5-12-7-9/h3-5,7-8H,2H2,1H3,(H,13,14). The number of rotatable bonds is 3. The topological polar surface area (TPSA) is 65.8 Å². The summed E-state index contributed by atoms with van der Waals surface area (Å²) in [5, 5.41) is 11.3. The Balaban J connectivity index is 2.62. The summed E-state index contributed by atoms with van der Waals surface area (Å²) in [5.41, 5.74) is 0.617. The first-order chi connectivity index (χ1) is 6.77. The molecular formula is C10H11N3O. The molecule has 1 atom stereocenters. The van der Waals surface area contributed by atoms with Gasteiger partial charge in [-0.05, 0) is 18.6 Å². The Hall–Kier alpha value is -1.89. The van der Waals surface area contributed by atoms with Gasteiger partial charge >= 0.3 is 0 Å². The monoisotopic (exact) mass is 189 g/mol. The van der Waals surface area contributed by atoms with Crippen LogP contribution in [0.2, 0.25) is 0 Å². The van der Waals surface area contributed by atoms with Crippen LogP contribution in [0.5, 0.6) is 0 Å². The molecule has 1 unspecified atom stereocenters. The van der Waals surface area contributed by atoms with E-state index in [1.54, 1.807) is 31.5 Å². The van der Waals surface area contributed by atoms with Crippen molar-refractivity contribution < 1.29 is 4.79 Å². The maximum Gasteiger partial charge on any atom is 0.241 e. The summed E-state index contributed by atoms with van der Waals surface area (Å²) < 4.78 is 0. The maximum atomic E-state index is 11.4. The zero-order valence-electron chi connectivity index (χ0n) is 7.90. The van der Waals surface area contributed by atoms with Gasteiger partial charge in [0.25, 0.3) is 0 Å². The number of nitriles is 1. The second-order valence-corrected chi connectivity index (χ2v) is 2.82. The van der Waals surface area contributed by atoms with Crippen LogP contribution in [0.25, 0.3) is 0 Å². The molecule has 0 bridgehead atoms. The first-order valence-corrected chi connectivity index (χ1v) is 4.38. The largest absolute Gasteiger partial charge is 0.324 e. The Bertz CT molecular complexity index is 342. The van der Waals surface area contributed by atoms with Gasteiger partial charge in [-0.3, -0.25) is 9.78 Å². The van der Waals surface area contributed by atoms with Crippen LogP contribution in [0.3, 0.4) is 0 Å². The Morgan fingerprint density at radius 2 is 2.57 bits per heavy atom. The first kappa shape index (κ1) is 10.2. The van der Waals surface area contributed by atoms with Crippen LogP contribution in [0.15, 0.2) is 24.5 Å². The van der Waals surface area contributed by atoms with Crippen LogP contribution in [-0.4, -0.2) is 10.9 Å². The van der Waals surface area contributed by atoms with Crippen molar-refractivity contribution in [2.75, 3.05) is 5.32 Å². The minimum Gasteiger partial charge on any atom is -0.324 e. The molecule has 0 aliphatic rings. The highest BCUT2D eigenvalue weighted by molar-refractivity contribution is 5.93. The molecule has 14 heavy (non-hydrogen) atoms. The first-order valence-electron chi connectivity index (χ1n) is 4.38. The Labute approximate surface area is 82.6 Å². The van der Waals surface area contributed by atoms with Crippen molar-refractivity contribution in [3.8, 4) is 6.07 Å². The van der Waals surface area contributed by atoms with Crippen molar-refractivity contribution in [2.24, 2.45) is 5.92 Å². The third-order valence-corrected chi connectivity index (χ3v) is 1.81. The van der Waals surface area contributed by atoms with Crippen molar-refractivity contribution in [3.63, 3.8) is 0 Å².